The molecule has 0 aliphatic carbocycles. The standard InChI is InChI=1S/C16H21N3OS/c1-12-8-9-21-15(12)11-19-16(17-2)18-10-13-6-4-5-7-14(13)20-3/h4-9H,10-11H2,1-3H3,(H2,17,18,19). The summed E-state index contributed by atoms with van der Waals surface area (Å²) in [5.74, 6) is 1.67. The third kappa shape index (κ3) is 4.23. The van der Waals surface area contributed by atoms with E-state index in [0.29, 0.717) is 6.54 Å². The van der Waals surface area contributed by atoms with Crippen LogP contribution in [0.4, 0.5) is 0 Å². The van der Waals surface area contributed by atoms with Crippen LogP contribution in [0, 0.1) is 6.92 Å². The third-order valence-electron chi connectivity index (χ3n) is 3.25. The van der Waals surface area contributed by atoms with Crippen LogP contribution in [0.2, 0.25) is 0 Å². The molecular weight excluding hydrogens is 282 g/mol. The van der Waals surface area contributed by atoms with Gasteiger partial charge in [-0.2, -0.15) is 0 Å². The summed E-state index contributed by atoms with van der Waals surface area (Å²) in [5.41, 5.74) is 2.42. The SMILES string of the molecule is CN=C(NCc1ccccc1OC)NCc1sccc1C. The zero-order valence-corrected chi connectivity index (χ0v) is 13.5. The molecule has 1 aromatic carbocycles. The molecule has 0 radical (unpaired) electrons. The lowest BCUT2D eigenvalue weighted by atomic mass is 10.2. The van der Waals surface area contributed by atoms with E-state index in [-0.39, 0.29) is 0 Å². The molecule has 0 aliphatic rings. The Bertz CT molecular complexity index is 607. The molecule has 2 N–H and O–H groups in total. The van der Waals surface area contributed by atoms with Crippen molar-refractivity contribution in [3.05, 3.63) is 51.7 Å². The van der Waals surface area contributed by atoms with Gasteiger partial charge in [0.2, 0.25) is 0 Å². The molecule has 0 fully saturated rings. The minimum Gasteiger partial charge on any atom is -0.496 e. The molecule has 112 valence electrons. The van der Waals surface area contributed by atoms with Gasteiger partial charge in [0.05, 0.1) is 13.7 Å². The van der Waals surface area contributed by atoms with Gasteiger partial charge in [-0.1, -0.05) is 18.2 Å². The van der Waals surface area contributed by atoms with Gasteiger partial charge in [-0.25, -0.2) is 0 Å². The fraction of sp³-hybridized carbons (Fsp3) is 0.312. The van der Waals surface area contributed by atoms with Crippen LogP contribution in [0.1, 0.15) is 16.0 Å². The second-order valence-corrected chi connectivity index (χ2v) is 5.62. The Morgan fingerprint density at radius 3 is 2.62 bits per heavy atom. The average molecular weight is 303 g/mol. The van der Waals surface area contributed by atoms with Gasteiger partial charge in [0.25, 0.3) is 0 Å². The number of thiophene rings is 1. The molecule has 1 aromatic heterocycles. The molecule has 0 atom stereocenters. The number of para-hydroxylation sites is 1. The molecule has 5 heteroatoms. The predicted molar refractivity (Wildman–Crippen MR) is 89.1 cm³/mol. The number of methoxy groups -OCH3 is 1. The summed E-state index contributed by atoms with van der Waals surface area (Å²) in [6.07, 6.45) is 0. The summed E-state index contributed by atoms with van der Waals surface area (Å²) in [6.45, 7) is 3.58. The molecule has 0 bridgehead atoms. The third-order valence-corrected chi connectivity index (χ3v) is 4.27. The minimum atomic E-state index is 0.674. The van der Waals surface area contributed by atoms with Crippen LogP contribution in [-0.4, -0.2) is 20.1 Å². The number of hydrogen-bond donors (Lipinski definition) is 2. The molecule has 0 amide bonds. The first-order valence-electron chi connectivity index (χ1n) is 6.84. The summed E-state index contributed by atoms with van der Waals surface area (Å²) >= 11 is 1.76. The Kier molecular flexibility index (Phi) is 5.63. The summed E-state index contributed by atoms with van der Waals surface area (Å²) < 4.78 is 5.35. The van der Waals surface area contributed by atoms with Crippen LogP contribution in [0.5, 0.6) is 5.75 Å². The lowest BCUT2D eigenvalue weighted by Gasteiger charge is -2.13. The number of nitrogens with zero attached hydrogens (tertiary/aromatic N) is 1. The van der Waals surface area contributed by atoms with Crippen LogP contribution in [0.25, 0.3) is 0 Å². The molecule has 0 unspecified atom stereocenters. The van der Waals surface area contributed by atoms with Crippen LogP contribution in [0.15, 0.2) is 40.7 Å². The highest BCUT2D eigenvalue weighted by Crippen LogP contribution is 2.17. The first-order chi connectivity index (χ1) is 10.2. The summed E-state index contributed by atoms with van der Waals surface area (Å²) in [7, 11) is 3.46. The molecule has 2 aromatic rings. The fourth-order valence-corrected chi connectivity index (χ4v) is 2.84. The quantitative estimate of drug-likeness (QED) is 0.659. The Balaban J connectivity index is 1.90. The number of aryl methyl sites for hydroxylation is 1. The van der Waals surface area contributed by atoms with Crippen molar-refractivity contribution in [2.24, 2.45) is 4.99 Å². The van der Waals surface area contributed by atoms with Crippen LogP contribution in [0.3, 0.4) is 0 Å². The molecule has 0 spiro atoms. The molecule has 1 heterocycles. The minimum absolute atomic E-state index is 0.674. The van der Waals surface area contributed by atoms with Crippen LogP contribution >= 0.6 is 11.3 Å². The van der Waals surface area contributed by atoms with E-state index in [4.69, 9.17) is 4.74 Å². The molecular formula is C16H21N3OS. The average Bonchev–Trinajstić information content (AvgIpc) is 2.93. The molecule has 21 heavy (non-hydrogen) atoms. The van der Waals surface area contributed by atoms with Crippen LogP contribution < -0.4 is 15.4 Å². The van der Waals surface area contributed by atoms with Gasteiger partial charge in [-0.15, -0.1) is 11.3 Å². The van der Waals surface area contributed by atoms with E-state index in [1.807, 2.05) is 24.3 Å². The Morgan fingerprint density at radius 1 is 1.19 bits per heavy atom. The highest BCUT2D eigenvalue weighted by molar-refractivity contribution is 7.10. The highest BCUT2D eigenvalue weighted by atomic mass is 32.1. The van der Waals surface area contributed by atoms with Crippen molar-refractivity contribution in [2.45, 2.75) is 20.0 Å². The first kappa shape index (κ1) is 15.4. The van der Waals surface area contributed by atoms with Crippen molar-refractivity contribution in [3.63, 3.8) is 0 Å². The van der Waals surface area contributed by atoms with Crippen molar-refractivity contribution < 1.29 is 4.74 Å². The maximum atomic E-state index is 5.35. The lowest BCUT2D eigenvalue weighted by molar-refractivity contribution is 0.409. The maximum Gasteiger partial charge on any atom is 0.191 e. The number of hydrogen-bond acceptors (Lipinski definition) is 3. The predicted octanol–water partition coefficient (Wildman–Crippen LogP) is 2.93. The lowest BCUT2D eigenvalue weighted by Crippen LogP contribution is -2.36. The van der Waals surface area contributed by atoms with Crippen molar-refractivity contribution >= 4 is 17.3 Å². The molecule has 2 rings (SSSR count). The van der Waals surface area contributed by atoms with Crippen molar-refractivity contribution in [2.75, 3.05) is 14.2 Å². The van der Waals surface area contributed by atoms with Crippen molar-refractivity contribution in [1.82, 2.24) is 10.6 Å². The number of aliphatic imine (C=N–C) groups is 1. The highest BCUT2D eigenvalue weighted by Gasteiger charge is 2.04. The normalized spacial score (nSPS) is 11.3. The van der Waals surface area contributed by atoms with E-state index < -0.39 is 0 Å². The largest absolute Gasteiger partial charge is 0.496 e. The summed E-state index contributed by atoms with van der Waals surface area (Å²) in [6, 6.07) is 10.1. The zero-order chi connectivity index (χ0) is 15.1. The maximum absolute atomic E-state index is 5.35. The summed E-state index contributed by atoms with van der Waals surface area (Å²) in [4.78, 5) is 5.57. The smallest absolute Gasteiger partial charge is 0.191 e. The van der Waals surface area contributed by atoms with Gasteiger partial charge in [0.15, 0.2) is 5.96 Å². The molecule has 4 nitrogen and oxygen atoms in total. The molecule has 0 saturated carbocycles. The second kappa shape index (κ2) is 7.69. The molecule has 0 aliphatic heterocycles. The Labute approximate surface area is 129 Å². The second-order valence-electron chi connectivity index (χ2n) is 4.62. The van der Waals surface area contributed by atoms with Gasteiger partial charge in [0, 0.05) is 24.0 Å². The first-order valence-corrected chi connectivity index (χ1v) is 7.72. The van der Waals surface area contributed by atoms with E-state index in [2.05, 4.69) is 34.0 Å². The number of benzene rings is 1. The topological polar surface area (TPSA) is 45.7 Å². The molecule has 0 saturated heterocycles. The number of nitrogens with one attached hydrogen (secondary N) is 2. The van der Waals surface area contributed by atoms with E-state index in [9.17, 15) is 0 Å². The van der Waals surface area contributed by atoms with E-state index >= 15 is 0 Å². The monoisotopic (exact) mass is 303 g/mol. The summed E-state index contributed by atoms with van der Waals surface area (Å²) in [5, 5.41) is 8.74. The van der Waals surface area contributed by atoms with Crippen molar-refractivity contribution in [1.29, 1.82) is 0 Å². The number of ether oxygens (including phenoxy) is 1. The van der Waals surface area contributed by atoms with E-state index in [0.717, 1.165) is 23.8 Å². The number of guanidine groups is 1. The van der Waals surface area contributed by atoms with Gasteiger partial charge in [-0.3, -0.25) is 4.99 Å². The van der Waals surface area contributed by atoms with Crippen LogP contribution in [-0.2, 0) is 13.1 Å². The van der Waals surface area contributed by atoms with Crippen molar-refractivity contribution in [3.8, 4) is 5.75 Å². The van der Waals surface area contributed by atoms with Gasteiger partial charge < -0.3 is 15.4 Å². The Hall–Kier alpha value is -2.01. The Morgan fingerprint density at radius 2 is 1.95 bits per heavy atom. The van der Waals surface area contributed by atoms with Gasteiger partial charge in [0.1, 0.15) is 5.75 Å². The van der Waals surface area contributed by atoms with E-state index in [1.54, 1.807) is 25.5 Å². The fourth-order valence-electron chi connectivity index (χ4n) is 2.00. The van der Waals surface area contributed by atoms with E-state index in [1.165, 1.54) is 10.4 Å². The zero-order valence-electron chi connectivity index (χ0n) is 12.6. The number of rotatable bonds is 5. The van der Waals surface area contributed by atoms with Gasteiger partial charge >= 0.3 is 0 Å². The van der Waals surface area contributed by atoms with Gasteiger partial charge in [-0.05, 0) is 30.0 Å².